The summed E-state index contributed by atoms with van der Waals surface area (Å²) in [7, 11) is 5.83. The minimum atomic E-state index is -0.253. The summed E-state index contributed by atoms with van der Waals surface area (Å²) in [5.74, 6) is 0.869. The first kappa shape index (κ1) is 14.4. The van der Waals surface area contributed by atoms with E-state index in [9.17, 15) is 5.11 Å². The number of aliphatic hydroxyl groups excluding tert-OH is 1. The van der Waals surface area contributed by atoms with Gasteiger partial charge < -0.3 is 14.7 Å². The second-order valence-electron chi connectivity index (χ2n) is 5.88. The van der Waals surface area contributed by atoms with Gasteiger partial charge >= 0.3 is 0 Å². The lowest BCUT2D eigenvalue weighted by Crippen LogP contribution is -2.49. The van der Waals surface area contributed by atoms with Gasteiger partial charge in [0.2, 0.25) is 0 Å². The standard InChI is InChI=1S/C16H25NO2/c1-17(2)12-16(11-5-4-6-15(16)18)13-7-9-14(19-3)10-8-13/h7-10,15,18H,4-6,11-12H2,1-3H3/t15-,16-/m1/s1. The number of hydrogen-bond donors (Lipinski definition) is 1. The number of ether oxygens (including phenoxy) is 1. The van der Waals surface area contributed by atoms with E-state index < -0.39 is 0 Å². The van der Waals surface area contributed by atoms with Crippen molar-refractivity contribution in [1.82, 2.24) is 4.90 Å². The SMILES string of the molecule is COc1ccc([C@]2(CN(C)C)CCCC[C@H]2O)cc1. The number of benzene rings is 1. The van der Waals surface area contributed by atoms with E-state index in [-0.39, 0.29) is 11.5 Å². The molecule has 0 radical (unpaired) electrons. The van der Waals surface area contributed by atoms with Crippen LogP contribution in [0.15, 0.2) is 24.3 Å². The fourth-order valence-corrected chi connectivity index (χ4v) is 3.32. The molecule has 1 fully saturated rings. The summed E-state index contributed by atoms with van der Waals surface area (Å²) in [5, 5.41) is 10.6. The molecule has 1 aromatic rings. The molecule has 0 bridgehead atoms. The summed E-state index contributed by atoms with van der Waals surface area (Å²) in [6, 6.07) is 8.20. The molecule has 1 aromatic carbocycles. The van der Waals surface area contributed by atoms with Gasteiger partial charge in [-0.2, -0.15) is 0 Å². The van der Waals surface area contributed by atoms with Crippen LogP contribution in [0.4, 0.5) is 0 Å². The monoisotopic (exact) mass is 263 g/mol. The Hall–Kier alpha value is -1.06. The molecule has 0 unspecified atom stereocenters. The maximum atomic E-state index is 10.6. The third kappa shape index (κ3) is 2.93. The second kappa shape index (κ2) is 5.93. The zero-order valence-corrected chi connectivity index (χ0v) is 12.2. The Kier molecular flexibility index (Phi) is 4.48. The molecule has 3 heteroatoms. The molecule has 2 atom stereocenters. The molecule has 0 aliphatic heterocycles. The molecule has 0 aromatic heterocycles. The summed E-state index contributed by atoms with van der Waals surface area (Å²) in [6.45, 7) is 0.889. The minimum Gasteiger partial charge on any atom is -0.497 e. The molecule has 106 valence electrons. The summed E-state index contributed by atoms with van der Waals surface area (Å²) in [6.07, 6.45) is 4.03. The number of methoxy groups -OCH3 is 1. The maximum Gasteiger partial charge on any atom is 0.118 e. The zero-order chi connectivity index (χ0) is 13.9. The first-order chi connectivity index (χ1) is 9.08. The Morgan fingerprint density at radius 3 is 2.47 bits per heavy atom. The third-order valence-corrected chi connectivity index (χ3v) is 4.25. The van der Waals surface area contributed by atoms with Crippen LogP contribution in [-0.4, -0.2) is 43.9 Å². The van der Waals surface area contributed by atoms with Crippen molar-refractivity contribution in [3.8, 4) is 5.75 Å². The molecule has 19 heavy (non-hydrogen) atoms. The predicted octanol–water partition coefficient (Wildman–Crippen LogP) is 2.43. The van der Waals surface area contributed by atoms with E-state index in [1.807, 2.05) is 12.1 Å². The van der Waals surface area contributed by atoms with Crippen LogP contribution in [-0.2, 0) is 5.41 Å². The highest BCUT2D eigenvalue weighted by atomic mass is 16.5. The first-order valence-corrected chi connectivity index (χ1v) is 7.06. The van der Waals surface area contributed by atoms with E-state index >= 15 is 0 Å². The summed E-state index contributed by atoms with van der Waals surface area (Å²) >= 11 is 0. The van der Waals surface area contributed by atoms with Crippen molar-refractivity contribution in [2.75, 3.05) is 27.7 Å². The van der Waals surface area contributed by atoms with Crippen molar-refractivity contribution < 1.29 is 9.84 Å². The van der Waals surface area contributed by atoms with Gasteiger partial charge in [0, 0.05) is 12.0 Å². The lowest BCUT2D eigenvalue weighted by atomic mass is 9.67. The Bertz CT molecular complexity index is 402. The van der Waals surface area contributed by atoms with Crippen LogP contribution in [0.25, 0.3) is 0 Å². The number of likely N-dealkylation sites (N-methyl/N-ethyl adjacent to an activating group) is 1. The number of hydrogen-bond acceptors (Lipinski definition) is 3. The quantitative estimate of drug-likeness (QED) is 0.905. The molecule has 0 heterocycles. The van der Waals surface area contributed by atoms with Gasteiger partial charge in [-0.05, 0) is 44.6 Å². The topological polar surface area (TPSA) is 32.7 Å². The Labute approximate surface area is 116 Å². The maximum absolute atomic E-state index is 10.6. The highest BCUT2D eigenvalue weighted by molar-refractivity contribution is 5.34. The largest absolute Gasteiger partial charge is 0.497 e. The summed E-state index contributed by atoms with van der Waals surface area (Å²) in [5.41, 5.74) is 1.10. The van der Waals surface area contributed by atoms with Crippen molar-refractivity contribution in [3.63, 3.8) is 0 Å². The van der Waals surface area contributed by atoms with Gasteiger partial charge in [0.25, 0.3) is 0 Å². The smallest absolute Gasteiger partial charge is 0.118 e. The average molecular weight is 263 g/mol. The highest BCUT2D eigenvalue weighted by Crippen LogP contribution is 2.40. The van der Waals surface area contributed by atoms with Gasteiger partial charge in [-0.3, -0.25) is 0 Å². The first-order valence-electron chi connectivity index (χ1n) is 7.06. The minimum absolute atomic E-state index is 0.131. The Morgan fingerprint density at radius 2 is 1.95 bits per heavy atom. The predicted molar refractivity (Wildman–Crippen MR) is 77.7 cm³/mol. The van der Waals surface area contributed by atoms with Crippen molar-refractivity contribution in [2.24, 2.45) is 0 Å². The third-order valence-electron chi connectivity index (χ3n) is 4.25. The summed E-state index contributed by atoms with van der Waals surface area (Å²) < 4.78 is 5.22. The van der Waals surface area contributed by atoms with Crippen molar-refractivity contribution in [1.29, 1.82) is 0 Å². The fraction of sp³-hybridized carbons (Fsp3) is 0.625. The molecule has 1 saturated carbocycles. The van der Waals surface area contributed by atoms with Gasteiger partial charge in [-0.15, -0.1) is 0 Å². The number of rotatable bonds is 4. The number of aliphatic hydroxyl groups is 1. The van der Waals surface area contributed by atoms with Crippen molar-refractivity contribution >= 4 is 0 Å². The Morgan fingerprint density at radius 1 is 1.26 bits per heavy atom. The average Bonchev–Trinajstić information content (AvgIpc) is 2.41. The van der Waals surface area contributed by atoms with Gasteiger partial charge in [-0.25, -0.2) is 0 Å². The van der Waals surface area contributed by atoms with Crippen molar-refractivity contribution in [3.05, 3.63) is 29.8 Å². The molecule has 2 rings (SSSR count). The molecular weight excluding hydrogens is 238 g/mol. The van der Waals surface area contributed by atoms with Gasteiger partial charge in [0.05, 0.1) is 13.2 Å². The van der Waals surface area contributed by atoms with E-state index in [0.717, 1.165) is 31.6 Å². The van der Waals surface area contributed by atoms with E-state index in [0.29, 0.717) is 0 Å². The van der Waals surface area contributed by atoms with E-state index in [1.54, 1.807) is 7.11 Å². The van der Waals surface area contributed by atoms with Crippen LogP contribution in [0.2, 0.25) is 0 Å². The fourth-order valence-electron chi connectivity index (χ4n) is 3.32. The van der Waals surface area contributed by atoms with Crippen LogP contribution in [0.3, 0.4) is 0 Å². The lowest BCUT2D eigenvalue weighted by molar-refractivity contribution is 0.0264. The molecule has 0 amide bonds. The second-order valence-corrected chi connectivity index (χ2v) is 5.88. The van der Waals surface area contributed by atoms with E-state index in [2.05, 4.69) is 31.1 Å². The Balaban J connectivity index is 2.34. The van der Waals surface area contributed by atoms with Crippen molar-refractivity contribution in [2.45, 2.75) is 37.2 Å². The van der Waals surface area contributed by atoms with Crippen LogP contribution >= 0.6 is 0 Å². The van der Waals surface area contributed by atoms with E-state index in [1.165, 1.54) is 12.0 Å². The molecule has 0 spiro atoms. The number of nitrogens with zero attached hydrogens (tertiary/aromatic N) is 1. The van der Waals surface area contributed by atoms with Gasteiger partial charge in [0.1, 0.15) is 5.75 Å². The lowest BCUT2D eigenvalue weighted by Gasteiger charge is -2.43. The molecule has 1 aliphatic carbocycles. The van der Waals surface area contributed by atoms with Crippen LogP contribution in [0.1, 0.15) is 31.2 Å². The normalized spacial score (nSPS) is 27.5. The van der Waals surface area contributed by atoms with Crippen LogP contribution < -0.4 is 4.74 Å². The van der Waals surface area contributed by atoms with Crippen LogP contribution in [0, 0.1) is 0 Å². The molecule has 3 nitrogen and oxygen atoms in total. The van der Waals surface area contributed by atoms with Gasteiger partial charge in [0.15, 0.2) is 0 Å². The van der Waals surface area contributed by atoms with Crippen LogP contribution in [0.5, 0.6) is 5.75 Å². The molecule has 0 saturated heterocycles. The highest BCUT2D eigenvalue weighted by Gasteiger charge is 2.41. The summed E-state index contributed by atoms with van der Waals surface area (Å²) in [4.78, 5) is 2.18. The molecule has 1 N–H and O–H groups in total. The molecule has 1 aliphatic rings. The van der Waals surface area contributed by atoms with E-state index in [4.69, 9.17) is 4.74 Å². The van der Waals surface area contributed by atoms with Gasteiger partial charge in [-0.1, -0.05) is 25.0 Å². The zero-order valence-electron chi connectivity index (χ0n) is 12.2. The molecular formula is C16H25NO2.